The summed E-state index contributed by atoms with van der Waals surface area (Å²) in [4.78, 5) is 31.8. The molecule has 0 unspecified atom stereocenters. The van der Waals surface area contributed by atoms with Gasteiger partial charge in [0.1, 0.15) is 11.0 Å². The zero-order valence-corrected chi connectivity index (χ0v) is 11.4. The van der Waals surface area contributed by atoms with Crippen molar-refractivity contribution >= 4 is 34.3 Å². The number of nitrogens with one attached hydrogen (secondary N) is 1. The fourth-order valence-corrected chi connectivity index (χ4v) is 1.93. The summed E-state index contributed by atoms with van der Waals surface area (Å²) < 4.78 is 10.7. The lowest BCUT2D eigenvalue weighted by Crippen LogP contribution is -2.04. The van der Waals surface area contributed by atoms with Crippen molar-refractivity contribution in [2.24, 2.45) is 7.05 Å². The molecule has 0 atom stereocenters. The van der Waals surface area contributed by atoms with Crippen molar-refractivity contribution in [2.75, 3.05) is 14.2 Å². The third-order valence-corrected chi connectivity index (χ3v) is 2.92. The number of carbonyl (C=O) groups excluding carboxylic acids is 2. The Labute approximate surface area is 117 Å². The molecule has 0 aliphatic carbocycles. The molecule has 0 bridgehead atoms. The van der Waals surface area contributed by atoms with E-state index >= 15 is 0 Å². The number of hydrogen-bond acceptors (Lipinski definition) is 8. The number of rotatable bonds is 2. The monoisotopic (exact) mass is 290 g/mol. The molecule has 3 rings (SSSR count). The predicted molar refractivity (Wildman–Crippen MR) is 68.6 cm³/mol. The third kappa shape index (κ3) is 1.80. The van der Waals surface area contributed by atoms with Crippen molar-refractivity contribution in [3.05, 3.63) is 11.4 Å². The number of aromatic amines is 1. The first-order chi connectivity index (χ1) is 10.1. The first-order valence-corrected chi connectivity index (χ1v) is 5.82. The van der Waals surface area contributed by atoms with Gasteiger partial charge in [-0.2, -0.15) is 10.2 Å². The molecule has 0 aromatic carbocycles. The maximum Gasteiger partial charge on any atom is 0.360 e. The van der Waals surface area contributed by atoms with Crippen molar-refractivity contribution in [3.63, 3.8) is 0 Å². The minimum atomic E-state index is -0.627. The lowest BCUT2D eigenvalue weighted by molar-refractivity contribution is 0.0586. The highest BCUT2D eigenvalue weighted by Crippen LogP contribution is 2.20. The molecule has 3 heterocycles. The maximum atomic E-state index is 11.7. The highest BCUT2D eigenvalue weighted by atomic mass is 16.5. The molecule has 21 heavy (non-hydrogen) atoms. The number of methoxy groups -OCH3 is 2. The average molecular weight is 290 g/mol. The van der Waals surface area contributed by atoms with Crippen LogP contribution in [0.3, 0.4) is 0 Å². The van der Waals surface area contributed by atoms with Gasteiger partial charge >= 0.3 is 11.9 Å². The van der Waals surface area contributed by atoms with E-state index in [0.29, 0.717) is 5.65 Å². The summed E-state index contributed by atoms with van der Waals surface area (Å²) in [5.74, 6) is -1.24. The van der Waals surface area contributed by atoms with Gasteiger partial charge in [-0.1, -0.05) is 0 Å². The van der Waals surface area contributed by atoms with Crippen LogP contribution in [0.15, 0.2) is 0 Å². The molecule has 0 amide bonds. The van der Waals surface area contributed by atoms with Crippen molar-refractivity contribution in [3.8, 4) is 0 Å². The van der Waals surface area contributed by atoms with Gasteiger partial charge in [-0.3, -0.25) is 5.10 Å². The zero-order valence-electron chi connectivity index (χ0n) is 11.4. The number of aromatic nitrogens is 6. The normalized spacial score (nSPS) is 11.0. The van der Waals surface area contributed by atoms with Crippen LogP contribution in [0.25, 0.3) is 22.3 Å². The highest BCUT2D eigenvalue weighted by molar-refractivity contribution is 6.04. The smallest absolute Gasteiger partial charge is 0.360 e. The second-order valence-corrected chi connectivity index (χ2v) is 4.12. The van der Waals surface area contributed by atoms with Gasteiger partial charge in [-0.05, 0) is 0 Å². The largest absolute Gasteiger partial charge is 0.464 e. The standard InChI is InChI=1S/C11H10N6O4/c1-17-9-5(7(16-17)11(19)21-3)12-8-4(13-9)6(14-15-8)10(18)20-2/h1-3H3,(H,12,14,15). The number of ether oxygens (including phenoxy) is 2. The highest BCUT2D eigenvalue weighted by Gasteiger charge is 2.23. The summed E-state index contributed by atoms with van der Waals surface area (Å²) in [7, 11) is 4.10. The molecule has 0 fully saturated rings. The Hall–Kier alpha value is -3.04. The second-order valence-electron chi connectivity index (χ2n) is 4.12. The van der Waals surface area contributed by atoms with E-state index < -0.39 is 11.9 Å². The first-order valence-electron chi connectivity index (χ1n) is 5.82. The van der Waals surface area contributed by atoms with Crippen LogP contribution in [0, 0.1) is 0 Å². The van der Waals surface area contributed by atoms with Crippen molar-refractivity contribution in [1.82, 2.24) is 29.9 Å². The van der Waals surface area contributed by atoms with Gasteiger partial charge < -0.3 is 9.47 Å². The number of aryl methyl sites for hydroxylation is 1. The van der Waals surface area contributed by atoms with E-state index in [4.69, 9.17) is 0 Å². The fourth-order valence-electron chi connectivity index (χ4n) is 1.93. The van der Waals surface area contributed by atoms with Gasteiger partial charge in [-0.25, -0.2) is 24.2 Å². The van der Waals surface area contributed by atoms with Gasteiger partial charge in [0.25, 0.3) is 0 Å². The summed E-state index contributed by atoms with van der Waals surface area (Å²) in [6.45, 7) is 0. The number of carbonyl (C=O) groups is 2. The lowest BCUT2D eigenvalue weighted by Gasteiger charge is -1.96. The van der Waals surface area contributed by atoms with E-state index in [1.54, 1.807) is 7.05 Å². The molecule has 10 nitrogen and oxygen atoms in total. The lowest BCUT2D eigenvalue weighted by atomic mass is 10.3. The van der Waals surface area contributed by atoms with Crippen LogP contribution in [-0.2, 0) is 16.5 Å². The third-order valence-electron chi connectivity index (χ3n) is 2.92. The van der Waals surface area contributed by atoms with E-state index in [9.17, 15) is 9.59 Å². The molecule has 0 saturated heterocycles. The molecule has 10 heteroatoms. The molecule has 1 N–H and O–H groups in total. The van der Waals surface area contributed by atoms with Gasteiger partial charge in [0.2, 0.25) is 5.65 Å². The Balaban J connectivity index is 2.32. The Morgan fingerprint density at radius 2 is 1.81 bits per heavy atom. The summed E-state index contributed by atoms with van der Waals surface area (Å²) in [5, 5.41) is 10.4. The number of hydrogen-bond donors (Lipinski definition) is 1. The first kappa shape index (κ1) is 13.0. The van der Waals surface area contributed by atoms with E-state index in [1.165, 1.54) is 18.9 Å². The van der Waals surface area contributed by atoms with Crippen molar-refractivity contribution in [2.45, 2.75) is 0 Å². The minimum Gasteiger partial charge on any atom is -0.464 e. The molecule has 0 aliphatic heterocycles. The number of esters is 2. The molecule has 108 valence electrons. The SMILES string of the molecule is COC(=O)c1[nH]nc2nc3c(C(=O)OC)nn(C)c3nc12. The minimum absolute atomic E-state index is 0.0343. The van der Waals surface area contributed by atoms with E-state index in [-0.39, 0.29) is 28.1 Å². The molecule has 3 aromatic heterocycles. The fraction of sp³-hybridized carbons (Fsp3) is 0.273. The van der Waals surface area contributed by atoms with E-state index in [0.717, 1.165) is 0 Å². The molecule has 0 spiro atoms. The van der Waals surface area contributed by atoms with Crippen LogP contribution >= 0.6 is 0 Å². The molecule has 0 radical (unpaired) electrons. The van der Waals surface area contributed by atoms with Crippen LogP contribution in [0.2, 0.25) is 0 Å². The van der Waals surface area contributed by atoms with Gasteiger partial charge in [0, 0.05) is 7.05 Å². The second kappa shape index (κ2) is 4.51. The molecule has 0 aliphatic rings. The van der Waals surface area contributed by atoms with E-state index in [1.807, 2.05) is 0 Å². The molecule has 0 saturated carbocycles. The summed E-state index contributed by atoms with van der Waals surface area (Å²) >= 11 is 0. The summed E-state index contributed by atoms with van der Waals surface area (Å²) in [6.07, 6.45) is 0. The zero-order chi connectivity index (χ0) is 15.1. The quantitative estimate of drug-likeness (QED) is 0.644. The van der Waals surface area contributed by atoms with Crippen LogP contribution in [0.1, 0.15) is 21.0 Å². The Morgan fingerprint density at radius 1 is 1.10 bits per heavy atom. The van der Waals surface area contributed by atoms with Crippen LogP contribution in [0.4, 0.5) is 0 Å². The molecular weight excluding hydrogens is 280 g/mol. The van der Waals surface area contributed by atoms with E-state index in [2.05, 4.69) is 34.7 Å². The van der Waals surface area contributed by atoms with Crippen LogP contribution < -0.4 is 0 Å². The molecular formula is C11H10N6O4. The average Bonchev–Trinajstić information content (AvgIpc) is 3.05. The van der Waals surface area contributed by atoms with Crippen LogP contribution in [-0.4, -0.2) is 56.1 Å². The topological polar surface area (TPSA) is 125 Å². The number of fused-ring (bicyclic) bond motifs is 2. The van der Waals surface area contributed by atoms with Crippen molar-refractivity contribution < 1.29 is 19.1 Å². The van der Waals surface area contributed by atoms with Gasteiger partial charge in [0.15, 0.2) is 17.0 Å². The number of nitrogens with zero attached hydrogens (tertiary/aromatic N) is 5. The van der Waals surface area contributed by atoms with Gasteiger partial charge in [-0.15, -0.1) is 0 Å². The van der Waals surface area contributed by atoms with Crippen LogP contribution in [0.5, 0.6) is 0 Å². The number of H-pyrrole nitrogens is 1. The Morgan fingerprint density at radius 3 is 2.48 bits per heavy atom. The molecule has 3 aromatic rings. The predicted octanol–water partition coefficient (Wildman–Crippen LogP) is -0.187. The Bertz CT molecular complexity index is 880. The summed E-state index contributed by atoms with van der Waals surface area (Å²) in [5.41, 5.74) is 1.12. The van der Waals surface area contributed by atoms with Gasteiger partial charge in [0.05, 0.1) is 14.2 Å². The summed E-state index contributed by atoms with van der Waals surface area (Å²) in [6, 6.07) is 0. The Kier molecular flexibility index (Phi) is 2.78. The van der Waals surface area contributed by atoms with Crippen molar-refractivity contribution in [1.29, 1.82) is 0 Å². The maximum absolute atomic E-state index is 11.7.